The molecule has 0 amide bonds. The average Bonchev–Trinajstić information content (AvgIpc) is 2.53. The van der Waals surface area contributed by atoms with E-state index in [0.717, 1.165) is 4.47 Å². The van der Waals surface area contributed by atoms with Crippen LogP contribution in [-0.2, 0) is 5.41 Å². The lowest BCUT2D eigenvalue weighted by Gasteiger charge is -2.18. The molecule has 0 bridgehead atoms. The number of hydrogen-bond donors (Lipinski definition) is 2. The summed E-state index contributed by atoms with van der Waals surface area (Å²) < 4.78 is 11.5. The van der Waals surface area contributed by atoms with Crippen LogP contribution >= 0.6 is 15.9 Å². The first kappa shape index (κ1) is 18.9. The Labute approximate surface area is 153 Å². The lowest BCUT2D eigenvalue weighted by Crippen LogP contribution is -2.24. The number of rotatable bonds is 5. The van der Waals surface area contributed by atoms with Gasteiger partial charge in [-0.25, -0.2) is 9.89 Å². The van der Waals surface area contributed by atoms with Gasteiger partial charge in [-0.1, -0.05) is 36.7 Å². The highest BCUT2D eigenvalue weighted by Crippen LogP contribution is 2.33. The minimum atomic E-state index is -0.549. The molecule has 0 saturated carbocycles. The Kier molecular flexibility index (Phi) is 5.78. The second kappa shape index (κ2) is 7.64. The SMILES string of the molecule is COc1cc(Br)cc(/C=N/Nc2nc(=O)[nH]nc2C(C)(C)C)c1OC. The first-order chi connectivity index (χ1) is 11.8. The van der Waals surface area contributed by atoms with Crippen LogP contribution in [0.25, 0.3) is 0 Å². The predicted octanol–water partition coefficient (Wildman–Crippen LogP) is 2.69. The Hall–Kier alpha value is -2.42. The smallest absolute Gasteiger partial charge is 0.363 e. The van der Waals surface area contributed by atoms with Crippen LogP contribution in [0.1, 0.15) is 32.0 Å². The average molecular weight is 410 g/mol. The number of methoxy groups -OCH3 is 2. The topological polar surface area (TPSA) is 101 Å². The van der Waals surface area contributed by atoms with Gasteiger partial charge < -0.3 is 9.47 Å². The van der Waals surface area contributed by atoms with E-state index in [9.17, 15) is 4.79 Å². The molecule has 1 heterocycles. The largest absolute Gasteiger partial charge is 0.493 e. The number of hydrogen-bond acceptors (Lipinski definition) is 7. The van der Waals surface area contributed by atoms with Gasteiger partial charge in [-0.2, -0.15) is 15.2 Å². The number of aromatic amines is 1. The number of halogens is 1. The van der Waals surface area contributed by atoms with E-state index in [1.165, 1.54) is 0 Å². The van der Waals surface area contributed by atoms with E-state index < -0.39 is 5.69 Å². The monoisotopic (exact) mass is 409 g/mol. The fraction of sp³-hybridized carbons (Fsp3) is 0.375. The zero-order chi connectivity index (χ0) is 18.6. The predicted molar refractivity (Wildman–Crippen MR) is 99.8 cm³/mol. The number of nitrogens with zero attached hydrogens (tertiary/aromatic N) is 3. The van der Waals surface area contributed by atoms with Crippen molar-refractivity contribution in [3.05, 3.63) is 38.3 Å². The summed E-state index contributed by atoms with van der Waals surface area (Å²) in [6.45, 7) is 5.89. The highest BCUT2D eigenvalue weighted by Gasteiger charge is 2.21. The van der Waals surface area contributed by atoms with Crippen molar-refractivity contribution < 1.29 is 9.47 Å². The third-order valence-electron chi connectivity index (χ3n) is 3.26. The summed E-state index contributed by atoms with van der Waals surface area (Å²) >= 11 is 3.42. The van der Waals surface area contributed by atoms with Gasteiger partial charge in [0.2, 0.25) is 0 Å². The molecule has 9 heteroatoms. The maximum absolute atomic E-state index is 11.5. The molecule has 25 heavy (non-hydrogen) atoms. The van der Waals surface area contributed by atoms with E-state index in [-0.39, 0.29) is 5.41 Å². The number of aromatic nitrogens is 3. The lowest BCUT2D eigenvalue weighted by atomic mass is 9.92. The van der Waals surface area contributed by atoms with E-state index in [0.29, 0.717) is 28.6 Å². The molecule has 0 atom stereocenters. The number of H-pyrrole nitrogens is 1. The summed E-state index contributed by atoms with van der Waals surface area (Å²) in [5, 5.41) is 10.6. The molecule has 0 aliphatic heterocycles. The van der Waals surface area contributed by atoms with Gasteiger partial charge in [-0.3, -0.25) is 5.43 Å². The van der Waals surface area contributed by atoms with Gasteiger partial charge in [0.1, 0.15) is 5.69 Å². The van der Waals surface area contributed by atoms with Gasteiger partial charge in [-0.15, -0.1) is 0 Å². The Morgan fingerprint density at radius 3 is 2.60 bits per heavy atom. The quantitative estimate of drug-likeness (QED) is 0.581. The summed E-state index contributed by atoms with van der Waals surface area (Å²) in [5.41, 5.74) is 3.21. The van der Waals surface area contributed by atoms with E-state index in [2.05, 4.69) is 41.6 Å². The van der Waals surface area contributed by atoms with E-state index >= 15 is 0 Å². The number of benzene rings is 1. The Bertz CT molecular complexity index is 843. The Balaban J connectivity index is 2.36. The van der Waals surface area contributed by atoms with Crippen molar-refractivity contribution in [2.24, 2.45) is 5.10 Å². The van der Waals surface area contributed by atoms with E-state index in [1.54, 1.807) is 26.5 Å². The van der Waals surface area contributed by atoms with Crippen LogP contribution in [0.4, 0.5) is 5.82 Å². The fourth-order valence-corrected chi connectivity index (χ4v) is 2.61. The van der Waals surface area contributed by atoms with Crippen LogP contribution in [-0.4, -0.2) is 35.6 Å². The van der Waals surface area contributed by atoms with Crippen molar-refractivity contribution >= 4 is 28.0 Å². The van der Waals surface area contributed by atoms with Crippen molar-refractivity contribution in [2.75, 3.05) is 19.6 Å². The molecule has 2 N–H and O–H groups in total. The number of anilines is 1. The second-order valence-electron chi connectivity index (χ2n) is 6.19. The first-order valence-corrected chi connectivity index (χ1v) is 8.23. The number of hydrazone groups is 1. The number of nitrogens with one attached hydrogen (secondary N) is 2. The molecular formula is C16H20BrN5O3. The minimum Gasteiger partial charge on any atom is -0.493 e. The molecule has 0 radical (unpaired) electrons. The summed E-state index contributed by atoms with van der Waals surface area (Å²) in [6.07, 6.45) is 1.56. The first-order valence-electron chi connectivity index (χ1n) is 7.44. The highest BCUT2D eigenvalue weighted by molar-refractivity contribution is 9.10. The molecular weight excluding hydrogens is 390 g/mol. The molecule has 2 aromatic rings. The molecule has 134 valence electrons. The van der Waals surface area contributed by atoms with Crippen LogP contribution in [0.5, 0.6) is 11.5 Å². The molecule has 0 aliphatic carbocycles. The molecule has 8 nitrogen and oxygen atoms in total. The van der Waals surface area contributed by atoms with Crippen LogP contribution in [0.15, 0.2) is 26.5 Å². The fourth-order valence-electron chi connectivity index (χ4n) is 2.15. The molecule has 1 aromatic heterocycles. The molecule has 0 unspecified atom stereocenters. The molecule has 1 aromatic carbocycles. The van der Waals surface area contributed by atoms with Crippen molar-refractivity contribution in [1.29, 1.82) is 0 Å². The zero-order valence-electron chi connectivity index (χ0n) is 14.7. The highest BCUT2D eigenvalue weighted by atomic mass is 79.9. The van der Waals surface area contributed by atoms with Crippen molar-refractivity contribution in [1.82, 2.24) is 15.2 Å². The van der Waals surface area contributed by atoms with E-state index in [4.69, 9.17) is 9.47 Å². The van der Waals surface area contributed by atoms with Gasteiger partial charge in [0.15, 0.2) is 17.3 Å². The van der Waals surface area contributed by atoms with Crippen molar-refractivity contribution in [3.8, 4) is 11.5 Å². The van der Waals surface area contributed by atoms with E-state index in [1.807, 2.05) is 26.8 Å². The minimum absolute atomic E-state index is 0.299. The third kappa shape index (κ3) is 4.56. The maximum Gasteiger partial charge on any atom is 0.363 e. The van der Waals surface area contributed by atoms with Gasteiger partial charge >= 0.3 is 5.69 Å². The van der Waals surface area contributed by atoms with Crippen LogP contribution in [0.2, 0.25) is 0 Å². The molecule has 0 aliphatic rings. The van der Waals surface area contributed by atoms with Crippen LogP contribution < -0.4 is 20.6 Å². The second-order valence-corrected chi connectivity index (χ2v) is 7.10. The van der Waals surface area contributed by atoms with Crippen molar-refractivity contribution in [2.45, 2.75) is 26.2 Å². The summed E-state index contributed by atoms with van der Waals surface area (Å²) in [6, 6.07) is 3.63. The Morgan fingerprint density at radius 1 is 1.28 bits per heavy atom. The van der Waals surface area contributed by atoms with Gasteiger partial charge in [-0.05, 0) is 12.1 Å². The summed E-state index contributed by atoms with van der Waals surface area (Å²) in [5.74, 6) is 1.42. The summed E-state index contributed by atoms with van der Waals surface area (Å²) in [4.78, 5) is 15.4. The molecule has 0 saturated heterocycles. The zero-order valence-corrected chi connectivity index (χ0v) is 16.3. The number of ether oxygens (including phenoxy) is 2. The summed E-state index contributed by atoms with van der Waals surface area (Å²) in [7, 11) is 3.11. The van der Waals surface area contributed by atoms with Crippen molar-refractivity contribution in [3.63, 3.8) is 0 Å². The third-order valence-corrected chi connectivity index (χ3v) is 3.72. The standard InChI is InChI=1S/C16H20BrN5O3/c1-16(2,3)13-14(19-15(23)22-20-13)21-18-8-9-6-10(17)7-11(24-4)12(9)25-5/h6-8H,1-5H3,(H2,19,21,22,23)/b18-8+. The van der Waals surface area contributed by atoms with Gasteiger partial charge in [0, 0.05) is 15.5 Å². The van der Waals surface area contributed by atoms with Gasteiger partial charge in [0.25, 0.3) is 0 Å². The molecule has 0 fully saturated rings. The molecule has 2 rings (SSSR count). The lowest BCUT2D eigenvalue weighted by molar-refractivity contribution is 0.354. The van der Waals surface area contributed by atoms with Crippen LogP contribution in [0, 0.1) is 0 Å². The van der Waals surface area contributed by atoms with Gasteiger partial charge in [0.05, 0.1) is 20.4 Å². The van der Waals surface area contributed by atoms with Crippen LogP contribution in [0.3, 0.4) is 0 Å². The molecule has 0 spiro atoms. The Morgan fingerprint density at radius 2 is 2.00 bits per heavy atom. The normalized spacial score (nSPS) is 11.6. The maximum atomic E-state index is 11.5.